The molecule has 0 aliphatic rings. The number of phenols is 2. The maximum Gasteiger partial charge on any atom is 0.130 e. The third-order valence-corrected chi connectivity index (χ3v) is 3.66. The summed E-state index contributed by atoms with van der Waals surface area (Å²) in [6.45, 7) is 0. The summed E-state index contributed by atoms with van der Waals surface area (Å²) in [7, 11) is 0. The molecule has 0 amide bonds. The zero-order valence-corrected chi connectivity index (χ0v) is 10.6. The van der Waals surface area contributed by atoms with Crippen molar-refractivity contribution in [2.24, 2.45) is 0 Å². The zero-order chi connectivity index (χ0) is 11.5. The van der Waals surface area contributed by atoms with E-state index in [1.807, 2.05) is 18.2 Å². The van der Waals surface area contributed by atoms with Crippen molar-refractivity contribution in [1.82, 2.24) is 0 Å². The van der Waals surface area contributed by atoms with Crippen molar-refractivity contribution in [3.8, 4) is 11.5 Å². The number of phenolic OH excluding ortho intramolecular Hbond substituents is 2. The summed E-state index contributed by atoms with van der Waals surface area (Å²) in [5.41, 5.74) is 0. The molecule has 0 saturated carbocycles. The van der Waals surface area contributed by atoms with Gasteiger partial charge in [-0.1, -0.05) is 11.8 Å². The van der Waals surface area contributed by atoms with Crippen LogP contribution in [0.3, 0.4) is 0 Å². The molecule has 0 atom stereocenters. The fraction of sp³-hybridized carbons (Fsp3) is 0. The summed E-state index contributed by atoms with van der Waals surface area (Å²) in [6, 6.07) is 12.4. The monoisotopic (exact) mass is 296 g/mol. The fourth-order valence-corrected chi connectivity index (χ4v) is 2.30. The van der Waals surface area contributed by atoms with E-state index in [1.54, 1.807) is 24.3 Å². The van der Waals surface area contributed by atoms with E-state index in [9.17, 15) is 5.11 Å². The van der Waals surface area contributed by atoms with Crippen LogP contribution in [0.2, 0.25) is 0 Å². The average Bonchev–Trinajstić information content (AvgIpc) is 2.27. The maximum atomic E-state index is 9.52. The predicted molar refractivity (Wildman–Crippen MR) is 68.0 cm³/mol. The smallest absolute Gasteiger partial charge is 0.130 e. The van der Waals surface area contributed by atoms with Crippen molar-refractivity contribution in [2.75, 3.05) is 0 Å². The maximum absolute atomic E-state index is 9.52. The predicted octanol–water partition coefficient (Wildman–Crippen LogP) is 4.01. The Bertz CT molecular complexity index is 497. The molecule has 0 saturated heterocycles. The van der Waals surface area contributed by atoms with Gasteiger partial charge in [0, 0.05) is 9.79 Å². The highest BCUT2D eigenvalue weighted by molar-refractivity contribution is 9.10. The van der Waals surface area contributed by atoms with Crippen LogP contribution in [0, 0.1) is 0 Å². The summed E-state index contributed by atoms with van der Waals surface area (Å²) in [5.74, 6) is 0.479. The number of hydrogen-bond donors (Lipinski definition) is 2. The molecule has 0 aliphatic heterocycles. The molecule has 0 bridgehead atoms. The lowest BCUT2D eigenvalue weighted by Crippen LogP contribution is -1.75. The van der Waals surface area contributed by atoms with E-state index in [2.05, 4.69) is 15.9 Å². The van der Waals surface area contributed by atoms with Crippen molar-refractivity contribution >= 4 is 27.7 Å². The van der Waals surface area contributed by atoms with Crippen molar-refractivity contribution in [1.29, 1.82) is 0 Å². The molecular weight excluding hydrogens is 288 g/mol. The Morgan fingerprint density at radius 1 is 0.875 bits per heavy atom. The van der Waals surface area contributed by atoms with Gasteiger partial charge in [0.05, 0.1) is 4.47 Å². The second-order valence-electron chi connectivity index (χ2n) is 3.21. The Hall–Kier alpha value is -1.13. The van der Waals surface area contributed by atoms with Crippen LogP contribution in [0.15, 0.2) is 56.7 Å². The summed E-state index contributed by atoms with van der Waals surface area (Å²) in [5, 5.41) is 18.7. The Labute approximate surface area is 106 Å². The van der Waals surface area contributed by atoms with Gasteiger partial charge in [0.2, 0.25) is 0 Å². The molecule has 2 aromatic rings. The Morgan fingerprint density at radius 3 is 2.12 bits per heavy atom. The van der Waals surface area contributed by atoms with Crippen molar-refractivity contribution in [2.45, 2.75) is 9.79 Å². The molecule has 2 nitrogen and oxygen atoms in total. The molecule has 82 valence electrons. The van der Waals surface area contributed by atoms with E-state index in [0.29, 0.717) is 4.47 Å². The lowest BCUT2D eigenvalue weighted by molar-refractivity contribution is 0.470. The van der Waals surface area contributed by atoms with Gasteiger partial charge < -0.3 is 10.2 Å². The first-order valence-corrected chi connectivity index (χ1v) is 6.21. The average molecular weight is 297 g/mol. The lowest BCUT2D eigenvalue weighted by atomic mass is 10.3. The third-order valence-electron chi connectivity index (χ3n) is 1.99. The molecule has 2 rings (SSSR count). The quantitative estimate of drug-likeness (QED) is 0.880. The van der Waals surface area contributed by atoms with Gasteiger partial charge in [-0.25, -0.2) is 0 Å². The van der Waals surface area contributed by atoms with Gasteiger partial charge in [-0.05, 0) is 58.4 Å². The van der Waals surface area contributed by atoms with E-state index in [4.69, 9.17) is 5.11 Å². The molecular formula is C12H9BrO2S. The van der Waals surface area contributed by atoms with Crippen molar-refractivity contribution < 1.29 is 10.2 Å². The number of rotatable bonds is 2. The minimum Gasteiger partial charge on any atom is -0.508 e. The highest BCUT2D eigenvalue weighted by Gasteiger charge is 2.01. The summed E-state index contributed by atoms with van der Waals surface area (Å²) < 4.78 is 0.683. The van der Waals surface area contributed by atoms with Crippen LogP contribution in [-0.2, 0) is 0 Å². The molecule has 2 aromatic carbocycles. The number of benzene rings is 2. The molecule has 0 aromatic heterocycles. The number of halogens is 1. The fourth-order valence-electron chi connectivity index (χ4n) is 1.21. The van der Waals surface area contributed by atoms with Crippen LogP contribution in [-0.4, -0.2) is 10.2 Å². The minimum absolute atomic E-state index is 0.226. The van der Waals surface area contributed by atoms with Gasteiger partial charge >= 0.3 is 0 Å². The molecule has 0 fully saturated rings. The van der Waals surface area contributed by atoms with Crippen molar-refractivity contribution in [3.63, 3.8) is 0 Å². The molecule has 0 spiro atoms. The van der Waals surface area contributed by atoms with Crippen molar-refractivity contribution in [3.05, 3.63) is 46.9 Å². The van der Waals surface area contributed by atoms with Crippen LogP contribution in [0.5, 0.6) is 11.5 Å². The van der Waals surface area contributed by atoms with Gasteiger partial charge in [0.25, 0.3) is 0 Å². The minimum atomic E-state index is 0.226. The topological polar surface area (TPSA) is 40.5 Å². The molecule has 0 radical (unpaired) electrons. The molecule has 2 N–H and O–H groups in total. The summed E-state index contributed by atoms with van der Waals surface area (Å²) in [4.78, 5) is 1.96. The summed E-state index contributed by atoms with van der Waals surface area (Å²) in [6.07, 6.45) is 0. The van der Waals surface area contributed by atoms with Gasteiger partial charge in [-0.15, -0.1) is 0 Å². The second-order valence-corrected chi connectivity index (χ2v) is 5.21. The molecule has 0 unspecified atom stereocenters. The van der Waals surface area contributed by atoms with E-state index in [1.165, 1.54) is 11.8 Å². The third kappa shape index (κ3) is 2.71. The first-order valence-electron chi connectivity index (χ1n) is 4.60. The van der Waals surface area contributed by atoms with Crippen LogP contribution in [0.25, 0.3) is 0 Å². The first kappa shape index (κ1) is 11.4. The lowest BCUT2D eigenvalue weighted by Gasteiger charge is -2.03. The largest absolute Gasteiger partial charge is 0.508 e. The number of aromatic hydroxyl groups is 2. The van der Waals surface area contributed by atoms with Gasteiger partial charge in [0.1, 0.15) is 11.5 Å². The molecule has 4 heteroatoms. The second kappa shape index (κ2) is 4.80. The van der Waals surface area contributed by atoms with E-state index >= 15 is 0 Å². The zero-order valence-electron chi connectivity index (χ0n) is 8.22. The van der Waals surface area contributed by atoms with Gasteiger partial charge in [-0.2, -0.15) is 0 Å². The standard InChI is InChI=1S/C12H9BrO2S/c13-11-6-5-10(7-12(11)15)16-9-3-1-8(14)2-4-9/h1-7,14-15H. The molecule has 0 aliphatic carbocycles. The highest BCUT2D eigenvalue weighted by atomic mass is 79.9. The highest BCUT2D eigenvalue weighted by Crippen LogP contribution is 2.33. The van der Waals surface area contributed by atoms with E-state index in [-0.39, 0.29) is 11.5 Å². The van der Waals surface area contributed by atoms with E-state index < -0.39 is 0 Å². The van der Waals surface area contributed by atoms with Crippen LogP contribution < -0.4 is 0 Å². The van der Waals surface area contributed by atoms with Crippen LogP contribution in [0.4, 0.5) is 0 Å². The van der Waals surface area contributed by atoms with Gasteiger partial charge in [-0.3, -0.25) is 0 Å². The van der Waals surface area contributed by atoms with Gasteiger partial charge in [0.15, 0.2) is 0 Å². The number of hydrogen-bond acceptors (Lipinski definition) is 3. The molecule has 16 heavy (non-hydrogen) atoms. The summed E-state index contributed by atoms with van der Waals surface area (Å²) >= 11 is 4.76. The Balaban J connectivity index is 2.20. The van der Waals surface area contributed by atoms with Crippen LogP contribution >= 0.6 is 27.7 Å². The normalized spacial score (nSPS) is 10.3. The van der Waals surface area contributed by atoms with Crippen LogP contribution in [0.1, 0.15) is 0 Å². The Kier molecular flexibility index (Phi) is 3.41. The SMILES string of the molecule is Oc1ccc(Sc2ccc(Br)c(O)c2)cc1. The van der Waals surface area contributed by atoms with E-state index in [0.717, 1.165) is 9.79 Å². The first-order chi connectivity index (χ1) is 7.65. The molecule has 0 heterocycles. The Morgan fingerprint density at radius 2 is 1.50 bits per heavy atom.